The second-order valence-electron chi connectivity index (χ2n) is 5.83. The SMILES string of the molecule is CCNC(CN(C)C(C)(C)CC)C1CCOC1. The molecule has 2 unspecified atom stereocenters. The van der Waals surface area contributed by atoms with Crippen LogP contribution >= 0.6 is 0 Å². The highest BCUT2D eigenvalue weighted by atomic mass is 16.5. The molecule has 2 atom stereocenters. The van der Waals surface area contributed by atoms with Crippen LogP contribution < -0.4 is 5.32 Å². The molecule has 0 amide bonds. The third-order valence-corrected chi connectivity index (χ3v) is 4.37. The lowest BCUT2D eigenvalue weighted by atomic mass is 9.94. The van der Waals surface area contributed by atoms with Crippen LogP contribution in [0.25, 0.3) is 0 Å². The second kappa shape index (κ2) is 6.72. The van der Waals surface area contributed by atoms with E-state index in [1.165, 1.54) is 12.8 Å². The first-order chi connectivity index (χ1) is 8.01. The van der Waals surface area contributed by atoms with Crippen molar-refractivity contribution >= 4 is 0 Å². The van der Waals surface area contributed by atoms with Gasteiger partial charge in [-0.05, 0) is 40.3 Å². The number of likely N-dealkylation sites (N-methyl/N-ethyl adjacent to an activating group) is 2. The van der Waals surface area contributed by atoms with Crippen molar-refractivity contribution in [3.8, 4) is 0 Å². The smallest absolute Gasteiger partial charge is 0.0510 e. The fourth-order valence-electron chi connectivity index (χ4n) is 2.32. The third-order valence-electron chi connectivity index (χ3n) is 4.37. The summed E-state index contributed by atoms with van der Waals surface area (Å²) in [6.07, 6.45) is 2.39. The molecule has 0 aromatic heterocycles. The molecule has 102 valence electrons. The van der Waals surface area contributed by atoms with Crippen molar-refractivity contribution in [1.29, 1.82) is 0 Å². The molecule has 1 fully saturated rings. The number of nitrogens with one attached hydrogen (secondary N) is 1. The average molecular weight is 242 g/mol. The Morgan fingerprint density at radius 1 is 1.41 bits per heavy atom. The third kappa shape index (κ3) is 4.23. The van der Waals surface area contributed by atoms with Gasteiger partial charge < -0.3 is 10.1 Å². The van der Waals surface area contributed by atoms with Crippen molar-refractivity contribution < 1.29 is 4.74 Å². The largest absolute Gasteiger partial charge is 0.381 e. The van der Waals surface area contributed by atoms with E-state index < -0.39 is 0 Å². The van der Waals surface area contributed by atoms with E-state index >= 15 is 0 Å². The van der Waals surface area contributed by atoms with Crippen molar-refractivity contribution in [3.05, 3.63) is 0 Å². The summed E-state index contributed by atoms with van der Waals surface area (Å²) in [6, 6.07) is 0.568. The standard InChI is InChI=1S/C14H30N2O/c1-6-14(3,4)16(5)10-13(15-7-2)12-8-9-17-11-12/h12-13,15H,6-11H2,1-5H3. The average Bonchev–Trinajstić information content (AvgIpc) is 2.81. The molecule has 0 bridgehead atoms. The Hall–Kier alpha value is -0.120. The fourth-order valence-corrected chi connectivity index (χ4v) is 2.32. The quantitative estimate of drug-likeness (QED) is 0.740. The molecule has 3 heteroatoms. The van der Waals surface area contributed by atoms with Gasteiger partial charge in [-0.25, -0.2) is 0 Å². The van der Waals surface area contributed by atoms with Crippen molar-refractivity contribution in [2.75, 3.05) is 33.4 Å². The molecule has 1 heterocycles. The predicted molar refractivity (Wildman–Crippen MR) is 73.4 cm³/mol. The lowest BCUT2D eigenvalue weighted by molar-refractivity contribution is 0.114. The molecular formula is C14H30N2O. The van der Waals surface area contributed by atoms with E-state index in [0.717, 1.165) is 26.3 Å². The summed E-state index contributed by atoms with van der Waals surface area (Å²) in [7, 11) is 2.24. The summed E-state index contributed by atoms with van der Waals surface area (Å²) in [5, 5.41) is 3.63. The Kier molecular flexibility index (Phi) is 5.90. The molecule has 1 N–H and O–H groups in total. The Balaban J connectivity index is 2.53. The minimum absolute atomic E-state index is 0.285. The van der Waals surface area contributed by atoms with Gasteiger partial charge in [0.1, 0.15) is 0 Å². The van der Waals surface area contributed by atoms with Gasteiger partial charge in [0.05, 0.1) is 6.61 Å². The van der Waals surface area contributed by atoms with Crippen LogP contribution in [0.3, 0.4) is 0 Å². The lowest BCUT2D eigenvalue weighted by Crippen LogP contribution is -2.51. The Morgan fingerprint density at radius 2 is 2.12 bits per heavy atom. The highest BCUT2D eigenvalue weighted by Gasteiger charge is 2.29. The minimum Gasteiger partial charge on any atom is -0.381 e. The fraction of sp³-hybridized carbons (Fsp3) is 1.00. The summed E-state index contributed by atoms with van der Waals surface area (Å²) < 4.78 is 5.52. The van der Waals surface area contributed by atoms with Crippen LogP contribution in [0.4, 0.5) is 0 Å². The molecular weight excluding hydrogens is 212 g/mol. The molecule has 1 aliphatic rings. The molecule has 1 rings (SSSR count). The lowest BCUT2D eigenvalue weighted by Gasteiger charge is -2.38. The van der Waals surface area contributed by atoms with E-state index in [2.05, 4.69) is 45.0 Å². The van der Waals surface area contributed by atoms with Crippen molar-refractivity contribution in [2.24, 2.45) is 5.92 Å². The van der Waals surface area contributed by atoms with Crippen LogP contribution in [0.5, 0.6) is 0 Å². The van der Waals surface area contributed by atoms with Gasteiger partial charge in [0.15, 0.2) is 0 Å². The van der Waals surface area contributed by atoms with Crippen molar-refractivity contribution in [1.82, 2.24) is 10.2 Å². The summed E-state index contributed by atoms with van der Waals surface area (Å²) in [5.74, 6) is 0.685. The van der Waals surface area contributed by atoms with E-state index in [1.54, 1.807) is 0 Å². The Morgan fingerprint density at radius 3 is 2.59 bits per heavy atom. The van der Waals surface area contributed by atoms with Gasteiger partial charge in [-0.1, -0.05) is 13.8 Å². The van der Waals surface area contributed by atoms with Crippen LogP contribution in [0.1, 0.15) is 40.5 Å². The van der Waals surface area contributed by atoms with Crippen LogP contribution in [0, 0.1) is 5.92 Å². The predicted octanol–water partition coefficient (Wildman–Crippen LogP) is 2.12. The van der Waals surface area contributed by atoms with Crippen molar-refractivity contribution in [2.45, 2.75) is 52.1 Å². The van der Waals surface area contributed by atoms with Crippen LogP contribution in [-0.4, -0.2) is 49.8 Å². The summed E-state index contributed by atoms with van der Waals surface area (Å²) in [4.78, 5) is 2.48. The summed E-state index contributed by atoms with van der Waals surface area (Å²) in [6.45, 7) is 13.1. The zero-order chi connectivity index (χ0) is 12.9. The molecule has 0 saturated carbocycles. The first-order valence-electron chi connectivity index (χ1n) is 7.03. The van der Waals surface area contributed by atoms with E-state index in [9.17, 15) is 0 Å². The summed E-state index contributed by atoms with van der Waals surface area (Å²) >= 11 is 0. The Bertz CT molecular complexity index is 212. The van der Waals surface area contributed by atoms with Gasteiger partial charge in [0.25, 0.3) is 0 Å². The molecule has 3 nitrogen and oxygen atoms in total. The Labute approximate surface area is 107 Å². The maximum absolute atomic E-state index is 5.52. The van der Waals surface area contributed by atoms with Crippen LogP contribution in [0.15, 0.2) is 0 Å². The van der Waals surface area contributed by atoms with Gasteiger partial charge in [-0.15, -0.1) is 0 Å². The topological polar surface area (TPSA) is 24.5 Å². The zero-order valence-corrected chi connectivity index (χ0v) is 12.3. The van der Waals surface area contributed by atoms with Crippen molar-refractivity contribution in [3.63, 3.8) is 0 Å². The molecule has 0 radical (unpaired) electrons. The number of hydrogen-bond donors (Lipinski definition) is 1. The normalized spacial score (nSPS) is 23.3. The molecule has 1 aliphatic heterocycles. The van der Waals surface area contributed by atoms with E-state index in [0.29, 0.717) is 12.0 Å². The van der Waals surface area contributed by atoms with Gasteiger partial charge in [0.2, 0.25) is 0 Å². The van der Waals surface area contributed by atoms with Gasteiger partial charge in [-0.3, -0.25) is 4.90 Å². The van der Waals surface area contributed by atoms with Crippen LogP contribution in [-0.2, 0) is 4.74 Å². The van der Waals surface area contributed by atoms with E-state index in [-0.39, 0.29) is 5.54 Å². The molecule has 0 aromatic carbocycles. The van der Waals surface area contributed by atoms with Crippen LogP contribution in [0.2, 0.25) is 0 Å². The van der Waals surface area contributed by atoms with E-state index in [1.807, 2.05) is 0 Å². The maximum Gasteiger partial charge on any atom is 0.0510 e. The first kappa shape index (κ1) is 14.9. The zero-order valence-electron chi connectivity index (χ0n) is 12.3. The van der Waals surface area contributed by atoms with Gasteiger partial charge >= 0.3 is 0 Å². The number of nitrogens with zero attached hydrogens (tertiary/aromatic N) is 1. The monoisotopic (exact) mass is 242 g/mol. The number of rotatable bonds is 7. The maximum atomic E-state index is 5.52. The highest BCUT2D eigenvalue weighted by molar-refractivity contribution is 4.86. The number of ether oxygens (including phenoxy) is 1. The van der Waals surface area contributed by atoms with Gasteiger partial charge in [0, 0.05) is 30.7 Å². The molecule has 17 heavy (non-hydrogen) atoms. The summed E-state index contributed by atoms with van der Waals surface area (Å²) in [5.41, 5.74) is 0.285. The second-order valence-corrected chi connectivity index (χ2v) is 5.83. The molecule has 1 saturated heterocycles. The molecule has 0 spiro atoms. The minimum atomic E-state index is 0.285. The molecule has 0 aromatic rings. The first-order valence-corrected chi connectivity index (χ1v) is 7.03. The van der Waals surface area contributed by atoms with E-state index in [4.69, 9.17) is 4.74 Å². The van der Waals surface area contributed by atoms with Gasteiger partial charge in [-0.2, -0.15) is 0 Å². The number of hydrogen-bond acceptors (Lipinski definition) is 3. The highest BCUT2D eigenvalue weighted by Crippen LogP contribution is 2.21. The molecule has 0 aliphatic carbocycles.